The fraction of sp³-hybridized carbons (Fsp3) is 0.636. The van der Waals surface area contributed by atoms with Crippen LogP contribution in [-0.2, 0) is 4.79 Å². The van der Waals surface area contributed by atoms with Gasteiger partial charge in [0.15, 0.2) is 0 Å². The van der Waals surface area contributed by atoms with Crippen LogP contribution in [0.2, 0.25) is 0 Å². The molecule has 5 nitrogen and oxygen atoms in total. The number of terminal acetylenes is 1. The lowest BCUT2D eigenvalue weighted by molar-refractivity contribution is -0.137. The molecule has 0 aliphatic carbocycles. The molecule has 1 rings (SSSR count). The van der Waals surface area contributed by atoms with Crippen molar-refractivity contribution in [1.29, 1.82) is 0 Å². The Morgan fingerprint density at radius 1 is 1.71 bits per heavy atom. The predicted molar refractivity (Wildman–Crippen MR) is 66.9 cm³/mol. The van der Waals surface area contributed by atoms with Crippen LogP contribution in [-0.4, -0.2) is 52.1 Å². The Labute approximate surface area is 105 Å². The molecule has 94 valence electrons. The van der Waals surface area contributed by atoms with Gasteiger partial charge in [-0.15, -0.1) is 6.42 Å². The summed E-state index contributed by atoms with van der Waals surface area (Å²) in [5.41, 5.74) is 0. The highest BCUT2D eigenvalue weighted by atomic mass is 32.2. The highest BCUT2D eigenvalue weighted by molar-refractivity contribution is 7.99. The monoisotopic (exact) mass is 256 g/mol. The number of carboxylic acids is 1. The van der Waals surface area contributed by atoms with Gasteiger partial charge in [-0.2, -0.15) is 11.8 Å². The van der Waals surface area contributed by atoms with E-state index in [1.54, 1.807) is 23.6 Å². The number of amides is 2. The molecule has 1 heterocycles. The van der Waals surface area contributed by atoms with Crippen molar-refractivity contribution in [3.05, 3.63) is 0 Å². The first-order valence-corrected chi connectivity index (χ1v) is 6.53. The normalized spacial score (nSPS) is 21.4. The SMILES string of the molecule is C#CC(C)NC(=O)N1CCSCC1CC(=O)O. The second-order valence-electron chi connectivity index (χ2n) is 3.86. The maximum absolute atomic E-state index is 11.9. The molecule has 2 N–H and O–H groups in total. The van der Waals surface area contributed by atoms with Gasteiger partial charge >= 0.3 is 12.0 Å². The van der Waals surface area contributed by atoms with Crippen LogP contribution in [0.1, 0.15) is 13.3 Å². The summed E-state index contributed by atoms with van der Waals surface area (Å²) in [7, 11) is 0. The van der Waals surface area contributed by atoms with Gasteiger partial charge in [-0.05, 0) is 6.92 Å². The number of hydrogen-bond donors (Lipinski definition) is 2. The minimum atomic E-state index is -0.889. The van der Waals surface area contributed by atoms with Crippen molar-refractivity contribution >= 4 is 23.8 Å². The summed E-state index contributed by atoms with van der Waals surface area (Å²) < 4.78 is 0. The average Bonchev–Trinajstić information content (AvgIpc) is 2.28. The Morgan fingerprint density at radius 3 is 3.00 bits per heavy atom. The highest BCUT2D eigenvalue weighted by Crippen LogP contribution is 2.19. The van der Waals surface area contributed by atoms with Crippen LogP contribution < -0.4 is 5.32 Å². The van der Waals surface area contributed by atoms with E-state index < -0.39 is 5.97 Å². The number of hydrogen-bond acceptors (Lipinski definition) is 3. The average molecular weight is 256 g/mol. The van der Waals surface area contributed by atoms with Crippen LogP contribution in [0.4, 0.5) is 4.79 Å². The molecule has 2 amide bonds. The van der Waals surface area contributed by atoms with Crippen molar-refractivity contribution in [2.75, 3.05) is 18.1 Å². The minimum absolute atomic E-state index is 0.0230. The van der Waals surface area contributed by atoms with Gasteiger partial charge in [-0.25, -0.2) is 4.79 Å². The zero-order valence-corrected chi connectivity index (χ0v) is 10.5. The summed E-state index contributed by atoms with van der Waals surface area (Å²) in [4.78, 5) is 24.2. The van der Waals surface area contributed by atoms with Crippen LogP contribution in [0.25, 0.3) is 0 Å². The second-order valence-corrected chi connectivity index (χ2v) is 5.01. The van der Waals surface area contributed by atoms with Gasteiger partial charge in [0.1, 0.15) is 0 Å². The second kappa shape index (κ2) is 6.40. The lowest BCUT2D eigenvalue weighted by Gasteiger charge is -2.34. The molecule has 0 spiro atoms. The molecule has 0 aromatic heterocycles. The summed E-state index contributed by atoms with van der Waals surface area (Å²) in [5, 5.41) is 11.4. The molecule has 17 heavy (non-hydrogen) atoms. The summed E-state index contributed by atoms with van der Waals surface area (Å²) in [6.07, 6.45) is 5.16. The first-order chi connectivity index (χ1) is 8.04. The zero-order valence-electron chi connectivity index (χ0n) is 9.68. The fourth-order valence-electron chi connectivity index (χ4n) is 1.60. The van der Waals surface area contributed by atoms with Crippen molar-refractivity contribution in [3.63, 3.8) is 0 Å². The number of nitrogens with one attached hydrogen (secondary N) is 1. The molecule has 0 aromatic rings. The molecule has 2 atom stereocenters. The molecular weight excluding hydrogens is 240 g/mol. The van der Waals surface area contributed by atoms with Crippen LogP contribution >= 0.6 is 11.8 Å². The van der Waals surface area contributed by atoms with E-state index in [4.69, 9.17) is 11.5 Å². The number of nitrogens with zero attached hydrogens (tertiary/aromatic N) is 1. The number of rotatable bonds is 3. The van der Waals surface area contributed by atoms with Crippen molar-refractivity contribution in [2.45, 2.75) is 25.4 Å². The number of urea groups is 1. The van der Waals surface area contributed by atoms with Crippen LogP contribution in [0.15, 0.2) is 0 Å². The van der Waals surface area contributed by atoms with Gasteiger partial charge in [0.2, 0.25) is 0 Å². The standard InChI is InChI=1S/C11H16N2O3S/c1-3-8(2)12-11(16)13-4-5-17-7-9(13)6-10(14)15/h1,8-9H,4-7H2,2H3,(H,12,16)(H,14,15). The van der Waals surface area contributed by atoms with E-state index >= 15 is 0 Å². The van der Waals surface area contributed by atoms with Gasteiger partial charge in [0.25, 0.3) is 0 Å². The lowest BCUT2D eigenvalue weighted by Crippen LogP contribution is -2.52. The third-order valence-corrected chi connectivity index (χ3v) is 3.58. The van der Waals surface area contributed by atoms with Crippen LogP contribution in [0.3, 0.4) is 0 Å². The van der Waals surface area contributed by atoms with Crippen LogP contribution in [0.5, 0.6) is 0 Å². The smallest absolute Gasteiger partial charge is 0.318 e. The molecule has 1 aliphatic rings. The van der Waals surface area contributed by atoms with Gasteiger partial charge < -0.3 is 15.3 Å². The van der Waals surface area contributed by atoms with E-state index in [1.807, 2.05) is 0 Å². The number of thioether (sulfide) groups is 1. The minimum Gasteiger partial charge on any atom is -0.481 e. The Morgan fingerprint density at radius 2 is 2.41 bits per heavy atom. The Hall–Kier alpha value is -1.35. The van der Waals surface area contributed by atoms with E-state index in [1.165, 1.54) is 0 Å². The van der Waals surface area contributed by atoms with Gasteiger partial charge in [-0.3, -0.25) is 4.79 Å². The van der Waals surface area contributed by atoms with Crippen molar-refractivity contribution < 1.29 is 14.7 Å². The third-order valence-electron chi connectivity index (χ3n) is 2.49. The zero-order chi connectivity index (χ0) is 12.8. The predicted octanol–water partition coefficient (Wildman–Crippen LogP) is 0.610. The molecular formula is C11H16N2O3S. The molecule has 0 aromatic carbocycles. The molecule has 0 saturated carbocycles. The first-order valence-electron chi connectivity index (χ1n) is 5.37. The molecule has 1 aliphatic heterocycles. The summed E-state index contributed by atoms with van der Waals surface area (Å²) in [6.45, 7) is 2.27. The largest absolute Gasteiger partial charge is 0.481 e. The summed E-state index contributed by atoms with van der Waals surface area (Å²) >= 11 is 1.67. The van der Waals surface area contributed by atoms with E-state index in [0.29, 0.717) is 12.3 Å². The Kier molecular flexibility index (Phi) is 5.16. The van der Waals surface area contributed by atoms with Gasteiger partial charge in [0.05, 0.1) is 18.5 Å². The van der Waals surface area contributed by atoms with Gasteiger partial charge in [0, 0.05) is 18.1 Å². The molecule has 1 saturated heterocycles. The van der Waals surface area contributed by atoms with Crippen molar-refractivity contribution in [3.8, 4) is 12.3 Å². The molecule has 2 unspecified atom stereocenters. The number of carbonyl (C=O) groups excluding carboxylic acids is 1. The maximum atomic E-state index is 11.9. The molecule has 1 fully saturated rings. The quantitative estimate of drug-likeness (QED) is 0.726. The number of carbonyl (C=O) groups is 2. The Bertz CT molecular complexity index is 340. The van der Waals surface area contributed by atoms with Crippen LogP contribution in [0, 0.1) is 12.3 Å². The first kappa shape index (κ1) is 13.7. The molecule has 0 bridgehead atoms. The molecule has 0 radical (unpaired) electrons. The van der Waals surface area contributed by atoms with E-state index in [2.05, 4.69) is 11.2 Å². The Balaban J connectivity index is 2.61. The fourth-order valence-corrected chi connectivity index (χ4v) is 2.66. The molecule has 6 heteroatoms. The topological polar surface area (TPSA) is 69.6 Å². The summed E-state index contributed by atoms with van der Waals surface area (Å²) in [5.74, 6) is 3.01. The van der Waals surface area contributed by atoms with Gasteiger partial charge in [-0.1, -0.05) is 5.92 Å². The lowest BCUT2D eigenvalue weighted by atomic mass is 10.2. The van der Waals surface area contributed by atoms with Crippen molar-refractivity contribution in [2.24, 2.45) is 0 Å². The maximum Gasteiger partial charge on any atom is 0.318 e. The van der Waals surface area contributed by atoms with E-state index in [0.717, 1.165) is 5.75 Å². The third kappa shape index (κ3) is 4.19. The number of aliphatic carboxylic acids is 1. The van der Waals surface area contributed by atoms with E-state index in [9.17, 15) is 9.59 Å². The number of carboxylic acid groups (broad SMARTS) is 1. The summed E-state index contributed by atoms with van der Waals surface area (Å²) in [6, 6.07) is -0.874. The highest BCUT2D eigenvalue weighted by Gasteiger charge is 2.29. The van der Waals surface area contributed by atoms with Crippen molar-refractivity contribution in [1.82, 2.24) is 10.2 Å². The van der Waals surface area contributed by atoms with E-state index in [-0.39, 0.29) is 24.5 Å².